The Kier molecular flexibility index (Phi) is 20.6. The second kappa shape index (κ2) is 26.0. The number of fused-ring (bicyclic) bond motifs is 2. The van der Waals surface area contributed by atoms with Crippen molar-refractivity contribution in [1.29, 1.82) is 0 Å². The number of amides is 1. The highest BCUT2D eigenvalue weighted by Crippen LogP contribution is 2.62. The lowest BCUT2D eigenvalue weighted by Crippen LogP contribution is -2.64. The first-order valence-corrected chi connectivity index (χ1v) is 24.4. The van der Waals surface area contributed by atoms with Crippen LogP contribution in [0.5, 0.6) is 11.5 Å². The fourth-order valence-corrected chi connectivity index (χ4v) is 10.8. The van der Waals surface area contributed by atoms with E-state index in [0.29, 0.717) is 37.3 Å². The molecule has 12 nitrogen and oxygen atoms in total. The van der Waals surface area contributed by atoms with E-state index in [0.717, 1.165) is 66.7 Å². The highest BCUT2D eigenvalue weighted by molar-refractivity contribution is 8.00. The van der Waals surface area contributed by atoms with Gasteiger partial charge in [-0.2, -0.15) is 11.8 Å². The average Bonchev–Trinajstić information content (AvgIpc) is 3.27. The molecule has 62 heavy (non-hydrogen) atoms. The number of non-ortho nitro benzene ring substituents is 1. The topological polar surface area (TPSA) is 162 Å². The summed E-state index contributed by atoms with van der Waals surface area (Å²) in [6.07, 6.45) is 21.0. The maximum absolute atomic E-state index is 13.2. The van der Waals surface area contributed by atoms with Gasteiger partial charge < -0.3 is 34.6 Å². The second-order valence-corrected chi connectivity index (χ2v) is 18.4. The molecule has 3 aliphatic rings. The summed E-state index contributed by atoms with van der Waals surface area (Å²) >= 11 is 1.76. The summed E-state index contributed by atoms with van der Waals surface area (Å²) in [5.74, 6) is 0.592. The molecule has 1 aliphatic heterocycles. The molecule has 0 radical (unpaired) electrons. The zero-order valence-electron chi connectivity index (χ0n) is 37.1. The number of nitrogens with one attached hydrogen (secondary N) is 1. The van der Waals surface area contributed by atoms with Gasteiger partial charge in [0.05, 0.1) is 28.4 Å². The molecule has 3 N–H and O–H groups in total. The molecular formula is C49H71N3O9S. The molecule has 1 fully saturated rings. The first-order valence-electron chi connectivity index (χ1n) is 23.3. The van der Waals surface area contributed by atoms with Crippen LogP contribution in [0.4, 0.5) is 10.5 Å². The van der Waals surface area contributed by atoms with Crippen molar-refractivity contribution in [2.24, 2.45) is 22.9 Å². The lowest BCUT2D eigenvalue weighted by molar-refractivity contribution is -0.384. The van der Waals surface area contributed by atoms with Crippen LogP contribution >= 0.6 is 11.8 Å². The molecule has 0 aromatic heterocycles. The molecule has 1 amide bonds. The number of nitrogens with zero attached hydrogens (tertiary/aromatic N) is 2. The van der Waals surface area contributed by atoms with Crippen molar-refractivity contribution in [3.05, 3.63) is 88.0 Å². The van der Waals surface area contributed by atoms with Crippen LogP contribution in [0.15, 0.2) is 71.9 Å². The average molecular weight is 878 g/mol. The van der Waals surface area contributed by atoms with Crippen molar-refractivity contribution in [1.82, 2.24) is 5.32 Å². The normalized spacial score (nSPS) is 23.1. The third kappa shape index (κ3) is 13.3. The number of nitro groups is 1. The Labute approximate surface area is 373 Å². The van der Waals surface area contributed by atoms with Gasteiger partial charge in [-0.25, -0.2) is 4.79 Å². The number of ether oxygens (including phenoxy) is 3. The number of oxime groups is 1. The molecule has 0 bridgehead atoms. The Hall–Kier alpha value is -3.91. The number of hydrogen-bond acceptors (Lipinski definition) is 11. The van der Waals surface area contributed by atoms with E-state index >= 15 is 0 Å². The fourth-order valence-electron chi connectivity index (χ4n) is 9.59. The van der Waals surface area contributed by atoms with E-state index in [1.807, 2.05) is 12.1 Å². The van der Waals surface area contributed by atoms with Crippen LogP contribution in [0.1, 0.15) is 140 Å². The molecule has 2 aromatic rings. The van der Waals surface area contributed by atoms with E-state index in [-0.39, 0.29) is 61.0 Å². The Morgan fingerprint density at radius 2 is 1.66 bits per heavy atom. The molecular weight excluding hydrogens is 807 g/mol. The quantitative estimate of drug-likeness (QED) is 0.0310. The van der Waals surface area contributed by atoms with E-state index in [1.54, 1.807) is 36.0 Å². The molecule has 5 rings (SSSR count). The van der Waals surface area contributed by atoms with E-state index in [4.69, 9.17) is 24.2 Å². The number of carbonyl (C=O) groups is 1. The number of aliphatic hydroxyl groups is 2. The lowest BCUT2D eigenvalue weighted by Gasteiger charge is -2.58. The number of carbonyl (C=O) groups excluding carboxylic acids is 1. The predicted molar refractivity (Wildman–Crippen MR) is 247 cm³/mol. The van der Waals surface area contributed by atoms with Crippen LogP contribution in [-0.2, 0) is 16.2 Å². The number of unbranched alkanes of at least 4 members (excludes halogenated alkanes) is 11. The van der Waals surface area contributed by atoms with Crippen molar-refractivity contribution in [2.45, 2.75) is 147 Å². The van der Waals surface area contributed by atoms with Gasteiger partial charge >= 0.3 is 6.09 Å². The minimum atomic E-state index is -1.09. The standard InChI is InChI=1S/C49H71N3O9S/c1-4-7-8-9-10-11-12-13-14-17-28-50-48(55)60-39-26-27-44-42(33-39)46-40(21-16-19-30-54)37(20-15-18-29-53)32-41-43(51-59-35-36-22-24-38(25-23-36)52(56)57)34-45(62-6-3)49(61-44,47(41)46)58-31-5-2/h5,22-27,32-33,37,40,45-47,53-54H,2,4,6-21,28-31,34-35H2,1,3H3,(H,50,55)/t37-,40+,45-,46+,47+,49+/m0/s1. The van der Waals surface area contributed by atoms with Gasteiger partial charge in [0.2, 0.25) is 5.79 Å². The summed E-state index contributed by atoms with van der Waals surface area (Å²) in [4.78, 5) is 30.1. The van der Waals surface area contributed by atoms with Crippen LogP contribution in [-0.4, -0.2) is 70.1 Å². The number of thioether (sulfide) groups is 1. The van der Waals surface area contributed by atoms with Crippen LogP contribution in [0.25, 0.3) is 0 Å². The number of allylic oxidation sites excluding steroid dienone is 1. The Bertz CT molecular complexity index is 1770. The molecule has 13 heteroatoms. The summed E-state index contributed by atoms with van der Waals surface area (Å²) in [6, 6.07) is 11.9. The first kappa shape index (κ1) is 49.1. The van der Waals surface area contributed by atoms with Crippen molar-refractivity contribution < 1.29 is 39.0 Å². The van der Waals surface area contributed by atoms with Crippen LogP contribution in [0, 0.1) is 27.9 Å². The van der Waals surface area contributed by atoms with E-state index in [1.165, 1.54) is 63.5 Å². The number of aliphatic hydroxyl groups excluding tert-OH is 2. The van der Waals surface area contributed by atoms with Crippen molar-refractivity contribution in [3.8, 4) is 11.5 Å². The third-order valence-electron chi connectivity index (χ3n) is 12.6. The molecule has 342 valence electrons. The minimum absolute atomic E-state index is 0.0120. The van der Waals surface area contributed by atoms with E-state index in [9.17, 15) is 25.1 Å². The smallest absolute Gasteiger partial charge is 0.412 e. The predicted octanol–water partition coefficient (Wildman–Crippen LogP) is 11.2. The van der Waals surface area contributed by atoms with Crippen LogP contribution in [0.2, 0.25) is 0 Å². The molecule has 1 saturated carbocycles. The second-order valence-electron chi connectivity index (χ2n) is 16.9. The number of benzene rings is 2. The van der Waals surface area contributed by atoms with Gasteiger partial charge in [0.1, 0.15) is 18.1 Å². The molecule has 2 aliphatic carbocycles. The molecule has 0 unspecified atom stereocenters. The fraction of sp³-hybridized carbons (Fsp3) is 0.633. The summed E-state index contributed by atoms with van der Waals surface area (Å²) in [6.45, 7) is 9.54. The van der Waals surface area contributed by atoms with Crippen molar-refractivity contribution >= 4 is 29.3 Å². The molecule has 2 aromatic carbocycles. The van der Waals surface area contributed by atoms with Gasteiger partial charge in [-0.3, -0.25) is 10.1 Å². The molecule has 0 saturated heterocycles. The van der Waals surface area contributed by atoms with E-state index < -0.39 is 16.8 Å². The summed E-state index contributed by atoms with van der Waals surface area (Å²) in [5, 5.41) is 38.6. The third-order valence-corrected chi connectivity index (χ3v) is 13.8. The molecule has 0 spiro atoms. The summed E-state index contributed by atoms with van der Waals surface area (Å²) < 4.78 is 20.1. The highest BCUT2D eigenvalue weighted by atomic mass is 32.2. The van der Waals surface area contributed by atoms with Crippen molar-refractivity contribution in [3.63, 3.8) is 0 Å². The summed E-state index contributed by atoms with van der Waals surface area (Å²) in [5.41, 5.74) is 3.51. The zero-order valence-corrected chi connectivity index (χ0v) is 37.9. The van der Waals surface area contributed by atoms with Gasteiger partial charge in [-0.05, 0) is 91.2 Å². The maximum atomic E-state index is 13.2. The van der Waals surface area contributed by atoms with Gasteiger partial charge in [-0.15, -0.1) is 6.58 Å². The van der Waals surface area contributed by atoms with E-state index in [2.05, 4.69) is 31.8 Å². The number of nitro benzene ring substituents is 1. The minimum Gasteiger partial charge on any atom is -0.460 e. The highest BCUT2D eigenvalue weighted by Gasteiger charge is 2.63. The van der Waals surface area contributed by atoms with Gasteiger partial charge in [0, 0.05) is 49.8 Å². The Morgan fingerprint density at radius 3 is 2.32 bits per heavy atom. The van der Waals surface area contributed by atoms with Crippen molar-refractivity contribution in [2.75, 3.05) is 32.1 Å². The SMILES string of the molecule is C=CCO[C@@]12Oc3ccc(OC(=O)NCCCCCCCCCCCC)cc3[C@H]3[C@H](CCCCO)[C@@H](CCCCO)C=C(C(=NOCc4ccc([N+](=O)[O-])cc4)C[C@@H]1SCC)[C@H]32. The van der Waals surface area contributed by atoms with Gasteiger partial charge in [-0.1, -0.05) is 102 Å². The van der Waals surface area contributed by atoms with Gasteiger partial charge in [0.25, 0.3) is 5.69 Å². The van der Waals surface area contributed by atoms with Gasteiger partial charge in [0.15, 0.2) is 0 Å². The monoisotopic (exact) mass is 877 g/mol. The lowest BCUT2D eigenvalue weighted by atomic mass is 9.56. The Morgan fingerprint density at radius 1 is 0.968 bits per heavy atom. The molecule has 6 atom stereocenters. The summed E-state index contributed by atoms with van der Waals surface area (Å²) in [7, 11) is 0. The Balaban J connectivity index is 1.45. The van der Waals surface area contributed by atoms with Crippen LogP contribution < -0.4 is 14.8 Å². The number of rotatable bonds is 29. The zero-order chi connectivity index (χ0) is 44.2. The number of hydrogen-bond donors (Lipinski definition) is 3. The van der Waals surface area contributed by atoms with Crippen LogP contribution in [0.3, 0.4) is 0 Å². The first-order chi connectivity index (χ1) is 30.3. The largest absolute Gasteiger partial charge is 0.460 e. The maximum Gasteiger partial charge on any atom is 0.412 e. The molecule has 1 heterocycles.